The highest BCUT2D eigenvalue weighted by Gasteiger charge is 2.16. The van der Waals surface area contributed by atoms with Gasteiger partial charge in [0.05, 0.1) is 19.2 Å². The Morgan fingerprint density at radius 1 is 1.63 bits per heavy atom. The standard InChI is InChI=1S/C14H19FN2O2/c1-4-5-12(16)14(18)17-9(2)10-6-7-13(19-3)11(15)8-10/h4,6-9,12H,1,5,16H2,2-3H3,(H,17,18). The molecule has 0 heterocycles. The number of hydrogen-bond acceptors (Lipinski definition) is 3. The normalized spacial score (nSPS) is 13.5. The Morgan fingerprint density at radius 2 is 2.32 bits per heavy atom. The molecular formula is C14H19FN2O2. The number of amides is 1. The Labute approximate surface area is 112 Å². The molecule has 3 N–H and O–H groups in total. The van der Waals surface area contributed by atoms with Gasteiger partial charge in [0.2, 0.25) is 5.91 Å². The predicted molar refractivity (Wildman–Crippen MR) is 72.3 cm³/mol. The van der Waals surface area contributed by atoms with E-state index in [1.807, 2.05) is 0 Å². The molecule has 0 aliphatic carbocycles. The topological polar surface area (TPSA) is 64.4 Å². The fourth-order valence-electron chi connectivity index (χ4n) is 1.64. The Balaban J connectivity index is 2.72. The maximum Gasteiger partial charge on any atom is 0.237 e. The Morgan fingerprint density at radius 3 is 2.84 bits per heavy atom. The Hall–Kier alpha value is -1.88. The van der Waals surface area contributed by atoms with Crippen molar-refractivity contribution < 1.29 is 13.9 Å². The number of benzene rings is 1. The third-order valence-electron chi connectivity index (χ3n) is 2.79. The quantitative estimate of drug-likeness (QED) is 0.773. The summed E-state index contributed by atoms with van der Waals surface area (Å²) in [5, 5.41) is 2.73. The third-order valence-corrected chi connectivity index (χ3v) is 2.79. The fourth-order valence-corrected chi connectivity index (χ4v) is 1.64. The van der Waals surface area contributed by atoms with Crippen molar-refractivity contribution in [2.75, 3.05) is 7.11 Å². The average molecular weight is 266 g/mol. The van der Waals surface area contributed by atoms with E-state index in [2.05, 4.69) is 11.9 Å². The number of rotatable bonds is 6. The van der Waals surface area contributed by atoms with Crippen LogP contribution in [0.4, 0.5) is 4.39 Å². The summed E-state index contributed by atoms with van der Waals surface area (Å²) in [6, 6.07) is 3.60. The number of nitrogens with two attached hydrogens (primary N) is 1. The van der Waals surface area contributed by atoms with Crippen LogP contribution in [-0.2, 0) is 4.79 Å². The molecule has 19 heavy (non-hydrogen) atoms. The molecule has 1 aromatic rings. The molecule has 104 valence electrons. The minimum Gasteiger partial charge on any atom is -0.494 e. The van der Waals surface area contributed by atoms with Crippen LogP contribution >= 0.6 is 0 Å². The molecule has 1 aromatic carbocycles. The number of nitrogens with one attached hydrogen (secondary N) is 1. The van der Waals surface area contributed by atoms with Crippen molar-refractivity contribution in [3.8, 4) is 5.75 Å². The van der Waals surface area contributed by atoms with Crippen molar-refractivity contribution in [2.45, 2.75) is 25.4 Å². The summed E-state index contributed by atoms with van der Waals surface area (Å²) in [4.78, 5) is 11.7. The third kappa shape index (κ3) is 4.06. The van der Waals surface area contributed by atoms with Crippen molar-refractivity contribution in [3.63, 3.8) is 0 Å². The van der Waals surface area contributed by atoms with E-state index in [4.69, 9.17) is 10.5 Å². The lowest BCUT2D eigenvalue weighted by molar-refractivity contribution is -0.122. The lowest BCUT2D eigenvalue weighted by atomic mass is 10.1. The van der Waals surface area contributed by atoms with Crippen LogP contribution in [0.5, 0.6) is 5.75 Å². The van der Waals surface area contributed by atoms with Crippen LogP contribution in [0.1, 0.15) is 24.9 Å². The molecule has 0 fully saturated rings. The molecule has 1 rings (SSSR count). The SMILES string of the molecule is C=CCC(N)C(=O)NC(C)c1ccc(OC)c(F)c1. The molecule has 0 saturated heterocycles. The summed E-state index contributed by atoms with van der Waals surface area (Å²) < 4.78 is 18.4. The lowest BCUT2D eigenvalue weighted by Crippen LogP contribution is -2.41. The van der Waals surface area contributed by atoms with E-state index >= 15 is 0 Å². The van der Waals surface area contributed by atoms with Crippen LogP contribution in [0.15, 0.2) is 30.9 Å². The van der Waals surface area contributed by atoms with Crippen LogP contribution in [0.3, 0.4) is 0 Å². The number of carbonyl (C=O) groups excluding carboxylic acids is 1. The highest BCUT2D eigenvalue weighted by molar-refractivity contribution is 5.82. The summed E-state index contributed by atoms with van der Waals surface area (Å²) in [6.07, 6.45) is 1.98. The zero-order chi connectivity index (χ0) is 14.4. The van der Waals surface area contributed by atoms with Gasteiger partial charge in [-0.3, -0.25) is 4.79 Å². The molecule has 1 amide bonds. The lowest BCUT2D eigenvalue weighted by Gasteiger charge is -2.17. The van der Waals surface area contributed by atoms with Gasteiger partial charge in [0.25, 0.3) is 0 Å². The number of hydrogen-bond donors (Lipinski definition) is 2. The second-order valence-corrected chi connectivity index (χ2v) is 4.26. The van der Waals surface area contributed by atoms with Crippen LogP contribution in [-0.4, -0.2) is 19.1 Å². The van der Waals surface area contributed by atoms with Gasteiger partial charge in [-0.2, -0.15) is 0 Å². The van der Waals surface area contributed by atoms with Gasteiger partial charge in [0.15, 0.2) is 11.6 Å². The first kappa shape index (κ1) is 15.2. The summed E-state index contributed by atoms with van der Waals surface area (Å²) in [5.41, 5.74) is 6.30. The number of methoxy groups -OCH3 is 1. The van der Waals surface area contributed by atoms with Crippen molar-refractivity contribution in [2.24, 2.45) is 5.73 Å². The van der Waals surface area contributed by atoms with Gasteiger partial charge < -0.3 is 15.8 Å². The molecule has 2 unspecified atom stereocenters. The van der Waals surface area contributed by atoms with Gasteiger partial charge >= 0.3 is 0 Å². The number of halogens is 1. The zero-order valence-corrected chi connectivity index (χ0v) is 11.2. The van der Waals surface area contributed by atoms with Crippen LogP contribution in [0.25, 0.3) is 0 Å². The average Bonchev–Trinajstić information content (AvgIpc) is 2.38. The highest BCUT2D eigenvalue weighted by Crippen LogP contribution is 2.21. The maximum absolute atomic E-state index is 13.6. The molecule has 0 bridgehead atoms. The van der Waals surface area contributed by atoms with E-state index in [9.17, 15) is 9.18 Å². The molecule has 0 aliphatic heterocycles. The van der Waals surface area contributed by atoms with Crippen LogP contribution < -0.4 is 15.8 Å². The number of carbonyl (C=O) groups is 1. The molecule has 0 aromatic heterocycles. The first-order chi connectivity index (χ1) is 8.99. The summed E-state index contributed by atoms with van der Waals surface area (Å²) in [7, 11) is 1.40. The summed E-state index contributed by atoms with van der Waals surface area (Å²) in [5.74, 6) is -0.578. The minimum atomic E-state index is -0.636. The van der Waals surface area contributed by atoms with Gasteiger partial charge in [0.1, 0.15) is 0 Å². The smallest absolute Gasteiger partial charge is 0.237 e. The van der Waals surface area contributed by atoms with E-state index in [0.29, 0.717) is 12.0 Å². The Bertz CT molecular complexity index is 463. The maximum atomic E-state index is 13.6. The van der Waals surface area contributed by atoms with Gasteiger partial charge in [-0.15, -0.1) is 6.58 Å². The molecule has 0 saturated carbocycles. The summed E-state index contributed by atoms with van der Waals surface area (Å²) >= 11 is 0. The van der Waals surface area contributed by atoms with Crippen LogP contribution in [0.2, 0.25) is 0 Å². The molecule has 5 heteroatoms. The van der Waals surface area contributed by atoms with E-state index in [1.54, 1.807) is 19.1 Å². The second kappa shape index (κ2) is 6.89. The fraction of sp³-hybridized carbons (Fsp3) is 0.357. The van der Waals surface area contributed by atoms with Crippen molar-refractivity contribution >= 4 is 5.91 Å². The van der Waals surface area contributed by atoms with Crippen molar-refractivity contribution in [1.82, 2.24) is 5.32 Å². The van der Waals surface area contributed by atoms with Crippen molar-refractivity contribution in [1.29, 1.82) is 0 Å². The predicted octanol–water partition coefficient (Wildman–Crippen LogP) is 1.91. The van der Waals surface area contributed by atoms with E-state index in [0.717, 1.165) is 0 Å². The molecule has 0 radical (unpaired) electrons. The number of ether oxygens (including phenoxy) is 1. The van der Waals surface area contributed by atoms with Gasteiger partial charge in [-0.25, -0.2) is 4.39 Å². The Kier molecular flexibility index (Phi) is 5.51. The highest BCUT2D eigenvalue weighted by atomic mass is 19.1. The molecule has 4 nitrogen and oxygen atoms in total. The minimum absolute atomic E-state index is 0.172. The molecule has 0 aliphatic rings. The second-order valence-electron chi connectivity index (χ2n) is 4.26. The monoisotopic (exact) mass is 266 g/mol. The van der Waals surface area contributed by atoms with Gasteiger partial charge in [-0.1, -0.05) is 12.1 Å². The van der Waals surface area contributed by atoms with Crippen LogP contribution in [0, 0.1) is 5.82 Å². The van der Waals surface area contributed by atoms with Gasteiger partial charge in [-0.05, 0) is 31.0 Å². The first-order valence-corrected chi connectivity index (χ1v) is 5.99. The van der Waals surface area contributed by atoms with Gasteiger partial charge in [0, 0.05) is 0 Å². The molecule has 2 atom stereocenters. The molecule has 0 spiro atoms. The van der Waals surface area contributed by atoms with E-state index in [-0.39, 0.29) is 17.7 Å². The van der Waals surface area contributed by atoms with Crippen molar-refractivity contribution in [3.05, 3.63) is 42.2 Å². The first-order valence-electron chi connectivity index (χ1n) is 5.99. The zero-order valence-electron chi connectivity index (χ0n) is 11.2. The van der Waals surface area contributed by atoms with E-state index < -0.39 is 11.9 Å². The summed E-state index contributed by atoms with van der Waals surface area (Å²) in [6.45, 7) is 5.29. The molecular weight excluding hydrogens is 247 g/mol. The van der Waals surface area contributed by atoms with E-state index in [1.165, 1.54) is 19.2 Å². The largest absolute Gasteiger partial charge is 0.494 e.